The highest BCUT2D eigenvalue weighted by molar-refractivity contribution is 7.47. The van der Waals surface area contributed by atoms with Crippen LogP contribution in [0.1, 0.15) is 325 Å². The number of hydrogen-bond acceptors (Lipinski definition) is 15. The molecule has 0 aromatic carbocycles. The van der Waals surface area contributed by atoms with Gasteiger partial charge in [0.2, 0.25) is 0 Å². The van der Waals surface area contributed by atoms with E-state index in [1.54, 1.807) is 0 Å². The van der Waals surface area contributed by atoms with Crippen LogP contribution >= 0.6 is 15.6 Å². The summed E-state index contributed by atoms with van der Waals surface area (Å²) in [5.41, 5.74) is 0. The molecule has 0 heterocycles. The minimum atomic E-state index is -4.96. The van der Waals surface area contributed by atoms with Crippen LogP contribution in [0, 0.1) is 17.8 Å². The fourth-order valence-corrected chi connectivity index (χ4v) is 11.5. The number of allylic oxidation sites excluding steroid dienone is 4. The standard InChI is InChI=1S/C70H132O17P2/c1-8-11-12-13-14-15-16-17-18-19-22-25-28-39-46-53-69(74)86-65(57-80-67(72)51-44-37-32-30-35-42-49-62(6)9-2)59-84-88(76,77)82-55-64(71)56-83-89(78,79)85-60-66(58-81-68(73)52-45-38-33-31-36-43-50-63(7)10-3)87-70(75)54-47-40-29-26-23-20-21-24-27-34-41-48-61(4)5/h15-18,61-66,71H,8-14,19-60H2,1-7H3,(H,76,77)(H,78,79)/b16-15-,18-17-/t62?,63?,64-,65-,66-/m1/s1. The second kappa shape index (κ2) is 60.5. The summed E-state index contributed by atoms with van der Waals surface area (Å²) in [6.45, 7) is 11.7. The summed E-state index contributed by atoms with van der Waals surface area (Å²) in [5.74, 6) is 0.0606. The molecule has 7 atom stereocenters. The van der Waals surface area contributed by atoms with Crippen molar-refractivity contribution in [1.82, 2.24) is 0 Å². The lowest BCUT2D eigenvalue weighted by atomic mass is 10.00. The molecule has 0 radical (unpaired) electrons. The van der Waals surface area contributed by atoms with E-state index < -0.39 is 97.5 Å². The number of phosphoric acid groups is 2. The fraction of sp³-hybridized carbons (Fsp3) is 0.886. The number of hydrogen-bond donors (Lipinski definition) is 3. The van der Waals surface area contributed by atoms with Gasteiger partial charge in [0, 0.05) is 25.7 Å². The van der Waals surface area contributed by atoms with Gasteiger partial charge in [-0.25, -0.2) is 9.13 Å². The van der Waals surface area contributed by atoms with Crippen molar-refractivity contribution in [3.63, 3.8) is 0 Å². The predicted molar refractivity (Wildman–Crippen MR) is 358 cm³/mol. The van der Waals surface area contributed by atoms with Crippen LogP contribution in [0.25, 0.3) is 0 Å². The van der Waals surface area contributed by atoms with Crippen LogP contribution in [0.15, 0.2) is 24.3 Å². The molecule has 0 rings (SSSR count). The lowest BCUT2D eigenvalue weighted by molar-refractivity contribution is -0.161. The summed E-state index contributed by atoms with van der Waals surface area (Å²) in [6.07, 6.45) is 46.7. The van der Waals surface area contributed by atoms with Crippen LogP contribution < -0.4 is 0 Å². The molecule has 0 saturated heterocycles. The Bertz CT molecular complexity index is 1850. The molecule has 19 heteroatoms. The fourth-order valence-electron chi connectivity index (χ4n) is 9.94. The Kier molecular flexibility index (Phi) is 58.8. The first-order valence-corrected chi connectivity index (χ1v) is 38.7. The number of esters is 4. The molecule has 17 nitrogen and oxygen atoms in total. The largest absolute Gasteiger partial charge is 0.472 e. The smallest absolute Gasteiger partial charge is 0.462 e. The van der Waals surface area contributed by atoms with E-state index >= 15 is 0 Å². The quantitative estimate of drug-likeness (QED) is 0.0169. The molecule has 0 aromatic heterocycles. The van der Waals surface area contributed by atoms with Gasteiger partial charge in [-0.2, -0.15) is 0 Å². The molecule has 89 heavy (non-hydrogen) atoms. The molecule has 0 saturated carbocycles. The van der Waals surface area contributed by atoms with Gasteiger partial charge in [-0.15, -0.1) is 0 Å². The Balaban J connectivity index is 5.29. The van der Waals surface area contributed by atoms with E-state index in [0.29, 0.717) is 25.7 Å². The maximum atomic E-state index is 13.0. The zero-order valence-electron chi connectivity index (χ0n) is 57.4. The second-order valence-electron chi connectivity index (χ2n) is 25.5. The highest BCUT2D eigenvalue weighted by Gasteiger charge is 2.30. The molecule has 0 amide bonds. The molecule has 3 N–H and O–H groups in total. The van der Waals surface area contributed by atoms with Gasteiger partial charge in [0.1, 0.15) is 19.3 Å². The van der Waals surface area contributed by atoms with Gasteiger partial charge < -0.3 is 33.8 Å². The van der Waals surface area contributed by atoms with Gasteiger partial charge in [-0.3, -0.25) is 37.3 Å². The monoisotopic (exact) mass is 1310 g/mol. The summed E-state index contributed by atoms with van der Waals surface area (Å²) in [4.78, 5) is 72.5. The van der Waals surface area contributed by atoms with E-state index in [9.17, 15) is 43.2 Å². The molecule has 0 aliphatic heterocycles. The zero-order chi connectivity index (χ0) is 65.9. The Labute approximate surface area is 542 Å². The third-order valence-corrected chi connectivity index (χ3v) is 18.1. The first kappa shape index (κ1) is 86.5. The third kappa shape index (κ3) is 61.5. The lowest BCUT2D eigenvalue weighted by Crippen LogP contribution is -2.30. The molecule has 524 valence electrons. The average molecular weight is 1310 g/mol. The van der Waals surface area contributed by atoms with E-state index in [1.807, 2.05) is 0 Å². The molecular formula is C70H132O17P2. The number of unbranched alkanes of at least 4 members (excludes halogenated alkanes) is 29. The summed E-state index contributed by atoms with van der Waals surface area (Å²) >= 11 is 0. The van der Waals surface area contributed by atoms with Crippen molar-refractivity contribution >= 4 is 39.5 Å². The molecule has 0 fully saturated rings. The van der Waals surface area contributed by atoms with Crippen LogP contribution in [0.3, 0.4) is 0 Å². The Morgan fingerprint density at radius 1 is 0.371 bits per heavy atom. The number of aliphatic hydroxyl groups is 1. The number of carbonyl (C=O) groups is 4. The van der Waals surface area contributed by atoms with Crippen LogP contribution in [0.2, 0.25) is 0 Å². The predicted octanol–water partition coefficient (Wildman–Crippen LogP) is 19.4. The number of rotatable bonds is 66. The lowest BCUT2D eigenvalue weighted by Gasteiger charge is -2.21. The molecule has 0 spiro atoms. The van der Waals surface area contributed by atoms with E-state index in [1.165, 1.54) is 109 Å². The summed E-state index contributed by atoms with van der Waals surface area (Å²) in [6, 6.07) is 0. The number of phosphoric ester groups is 2. The van der Waals surface area contributed by atoms with Gasteiger partial charge in [0.25, 0.3) is 0 Å². The maximum absolute atomic E-state index is 13.0. The Hall–Kier alpha value is -2.46. The summed E-state index contributed by atoms with van der Waals surface area (Å²) in [7, 11) is -9.91. The Morgan fingerprint density at radius 2 is 0.663 bits per heavy atom. The molecule has 0 aliphatic rings. The molecular weight excluding hydrogens is 1170 g/mol. The van der Waals surface area contributed by atoms with Gasteiger partial charge >= 0.3 is 39.5 Å². The second-order valence-corrected chi connectivity index (χ2v) is 28.5. The van der Waals surface area contributed by atoms with Gasteiger partial charge in [-0.1, -0.05) is 272 Å². The van der Waals surface area contributed by atoms with E-state index in [0.717, 1.165) is 133 Å². The van der Waals surface area contributed by atoms with Crippen molar-refractivity contribution in [3.8, 4) is 0 Å². The summed E-state index contributed by atoms with van der Waals surface area (Å²) < 4.78 is 68.2. The van der Waals surface area contributed by atoms with Gasteiger partial charge in [0.05, 0.1) is 26.4 Å². The number of carbonyl (C=O) groups excluding carboxylic acids is 4. The highest BCUT2D eigenvalue weighted by Crippen LogP contribution is 2.45. The maximum Gasteiger partial charge on any atom is 0.472 e. The molecule has 0 aromatic rings. The van der Waals surface area contributed by atoms with Crippen molar-refractivity contribution in [2.24, 2.45) is 17.8 Å². The molecule has 4 unspecified atom stereocenters. The van der Waals surface area contributed by atoms with Crippen LogP contribution in [0.4, 0.5) is 0 Å². The Morgan fingerprint density at radius 3 is 1.00 bits per heavy atom. The van der Waals surface area contributed by atoms with E-state index in [-0.39, 0.29) is 25.7 Å². The van der Waals surface area contributed by atoms with Crippen LogP contribution in [0.5, 0.6) is 0 Å². The van der Waals surface area contributed by atoms with E-state index in [2.05, 4.69) is 72.8 Å². The third-order valence-electron chi connectivity index (χ3n) is 16.2. The first-order valence-electron chi connectivity index (χ1n) is 35.7. The molecule has 0 bridgehead atoms. The van der Waals surface area contributed by atoms with Crippen molar-refractivity contribution in [3.05, 3.63) is 24.3 Å². The van der Waals surface area contributed by atoms with Crippen molar-refractivity contribution in [1.29, 1.82) is 0 Å². The SMILES string of the molecule is CCCCCC/C=C\C=C/CCCCCCCC(=O)O[C@H](COC(=O)CCCCCCCCC(C)CC)COP(=O)(O)OC[C@@H](O)COP(=O)(O)OC[C@@H](COC(=O)CCCCCCCCC(C)CC)OC(=O)CCCCCCCCCCCCCC(C)C. The summed E-state index contributed by atoms with van der Waals surface area (Å²) in [5, 5.41) is 10.6. The highest BCUT2D eigenvalue weighted by atomic mass is 31.2. The molecule has 0 aliphatic carbocycles. The minimum Gasteiger partial charge on any atom is -0.462 e. The zero-order valence-corrected chi connectivity index (χ0v) is 59.2. The minimum absolute atomic E-state index is 0.0835. The van der Waals surface area contributed by atoms with Crippen molar-refractivity contribution in [2.75, 3.05) is 39.6 Å². The van der Waals surface area contributed by atoms with Crippen LogP contribution in [-0.4, -0.2) is 96.7 Å². The van der Waals surface area contributed by atoms with Crippen LogP contribution in [-0.2, 0) is 65.4 Å². The van der Waals surface area contributed by atoms with Crippen molar-refractivity contribution < 1.29 is 80.2 Å². The van der Waals surface area contributed by atoms with Gasteiger partial charge in [-0.05, 0) is 69.1 Å². The average Bonchev–Trinajstić information content (AvgIpc) is 3.50. The number of ether oxygens (including phenoxy) is 4. The van der Waals surface area contributed by atoms with Gasteiger partial charge in [0.15, 0.2) is 12.2 Å². The van der Waals surface area contributed by atoms with Crippen molar-refractivity contribution in [2.45, 2.75) is 343 Å². The van der Waals surface area contributed by atoms with E-state index in [4.69, 9.17) is 37.0 Å². The number of aliphatic hydroxyl groups excluding tert-OH is 1. The topological polar surface area (TPSA) is 237 Å². The normalized spacial score (nSPS) is 15.0. The first-order chi connectivity index (χ1) is 42.8.